The van der Waals surface area contributed by atoms with E-state index in [0.717, 1.165) is 5.56 Å². The number of benzene rings is 1. The van der Waals surface area contributed by atoms with Crippen LogP contribution in [0, 0.1) is 5.82 Å². The Morgan fingerprint density at radius 2 is 2.25 bits per heavy atom. The minimum Gasteiger partial charge on any atom is -0.377 e. The maximum atomic E-state index is 12.9. The first-order chi connectivity index (χ1) is 5.75. The molecule has 0 aliphatic heterocycles. The van der Waals surface area contributed by atoms with E-state index in [9.17, 15) is 4.39 Å². The Hall–Kier alpha value is -0.410. The van der Waals surface area contributed by atoms with E-state index in [1.807, 2.05) is 13.0 Å². The molecule has 12 heavy (non-hydrogen) atoms. The molecule has 0 saturated carbocycles. The van der Waals surface area contributed by atoms with Crippen LogP contribution in [0.25, 0.3) is 0 Å². The molecule has 0 spiro atoms. The van der Waals surface area contributed by atoms with Crippen molar-refractivity contribution in [2.24, 2.45) is 0 Å². The van der Waals surface area contributed by atoms with Crippen molar-refractivity contribution in [3.8, 4) is 0 Å². The third-order valence-corrected chi connectivity index (χ3v) is 2.38. The molecule has 66 valence electrons. The van der Waals surface area contributed by atoms with Crippen LogP contribution in [-0.4, -0.2) is 6.61 Å². The van der Waals surface area contributed by atoms with Crippen molar-refractivity contribution in [3.63, 3.8) is 0 Å². The van der Waals surface area contributed by atoms with E-state index in [4.69, 9.17) is 4.74 Å². The maximum Gasteiger partial charge on any atom is 0.137 e. The van der Waals surface area contributed by atoms with Crippen molar-refractivity contribution in [1.29, 1.82) is 0 Å². The highest BCUT2D eigenvalue weighted by atomic mass is 79.9. The first kappa shape index (κ1) is 9.68. The summed E-state index contributed by atoms with van der Waals surface area (Å²) in [5, 5.41) is 0. The summed E-state index contributed by atoms with van der Waals surface area (Å²) in [6.07, 6.45) is 0. The van der Waals surface area contributed by atoms with Gasteiger partial charge in [0.15, 0.2) is 0 Å². The average Bonchev–Trinajstić information content (AvgIpc) is 2.08. The minimum absolute atomic E-state index is 0.243. The summed E-state index contributed by atoms with van der Waals surface area (Å²) in [5.41, 5.74) is 0.844. The summed E-state index contributed by atoms with van der Waals surface area (Å²) in [7, 11) is 0. The molecule has 0 saturated heterocycles. The molecule has 0 unspecified atom stereocenters. The van der Waals surface area contributed by atoms with Crippen molar-refractivity contribution in [2.45, 2.75) is 13.5 Å². The van der Waals surface area contributed by atoms with Gasteiger partial charge in [0, 0.05) is 6.61 Å². The molecule has 0 aliphatic carbocycles. The van der Waals surface area contributed by atoms with E-state index >= 15 is 0 Å². The van der Waals surface area contributed by atoms with E-state index in [1.165, 1.54) is 6.07 Å². The van der Waals surface area contributed by atoms with E-state index in [-0.39, 0.29) is 5.82 Å². The topological polar surface area (TPSA) is 9.23 Å². The van der Waals surface area contributed by atoms with Gasteiger partial charge in [-0.2, -0.15) is 0 Å². The van der Waals surface area contributed by atoms with Gasteiger partial charge < -0.3 is 4.74 Å². The smallest absolute Gasteiger partial charge is 0.137 e. The summed E-state index contributed by atoms with van der Waals surface area (Å²) < 4.78 is 18.6. The highest BCUT2D eigenvalue weighted by Crippen LogP contribution is 2.20. The van der Waals surface area contributed by atoms with Crippen LogP contribution >= 0.6 is 15.9 Å². The molecule has 0 fully saturated rings. The Labute approximate surface area is 79.7 Å². The Kier molecular flexibility index (Phi) is 3.69. The lowest BCUT2D eigenvalue weighted by Crippen LogP contribution is -1.94. The zero-order valence-electron chi connectivity index (χ0n) is 6.81. The summed E-state index contributed by atoms with van der Waals surface area (Å²) in [6, 6.07) is 4.93. The van der Waals surface area contributed by atoms with Crippen molar-refractivity contribution >= 4 is 15.9 Å². The molecule has 1 aromatic rings. The van der Waals surface area contributed by atoms with Gasteiger partial charge in [-0.15, -0.1) is 0 Å². The molecule has 3 heteroatoms. The third-order valence-electron chi connectivity index (χ3n) is 1.49. The third kappa shape index (κ3) is 2.29. The second-order valence-corrected chi connectivity index (χ2v) is 3.14. The lowest BCUT2D eigenvalue weighted by molar-refractivity contribution is 0.133. The Balaban J connectivity index is 2.78. The van der Waals surface area contributed by atoms with Crippen LogP contribution in [0.1, 0.15) is 12.5 Å². The van der Waals surface area contributed by atoms with Crippen molar-refractivity contribution < 1.29 is 9.13 Å². The standard InChI is InChI=1S/C9H10BrFO/c1-2-12-6-7-4-3-5-8(11)9(7)10/h3-5H,2,6H2,1H3. The summed E-state index contributed by atoms with van der Waals surface area (Å²) in [5.74, 6) is -0.243. The van der Waals surface area contributed by atoms with Gasteiger partial charge in [-0.05, 0) is 34.5 Å². The van der Waals surface area contributed by atoms with Crippen LogP contribution in [0.5, 0.6) is 0 Å². The van der Waals surface area contributed by atoms with Gasteiger partial charge in [-0.1, -0.05) is 12.1 Å². The normalized spacial score (nSPS) is 10.2. The fourth-order valence-corrected chi connectivity index (χ4v) is 1.25. The quantitative estimate of drug-likeness (QED) is 0.779. The van der Waals surface area contributed by atoms with Crippen LogP contribution < -0.4 is 0 Å². The predicted octanol–water partition coefficient (Wildman–Crippen LogP) is 3.12. The second-order valence-electron chi connectivity index (χ2n) is 2.35. The number of halogens is 2. The molecule has 0 radical (unpaired) electrons. The summed E-state index contributed by atoms with van der Waals surface area (Å²) in [4.78, 5) is 0. The molecule has 0 bridgehead atoms. The van der Waals surface area contributed by atoms with E-state index in [1.54, 1.807) is 6.07 Å². The zero-order chi connectivity index (χ0) is 8.97. The highest BCUT2D eigenvalue weighted by Gasteiger charge is 2.03. The summed E-state index contributed by atoms with van der Waals surface area (Å²) >= 11 is 3.16. The molecule has 1 aromatic carbocycles. The van der Waals surface area contributed by atoms with Crippen LogP contribution in [0.15, 0.2) is 22.7 Å². The van der Waals surface area contributed by atoms with Gasteiger partial charge in [-0.25, -0.2) is 4.39 Å². The van der Waals surface area contributed by atoms with Gasteiger partial charge in [0.2, 0.25) is 0 Å². The lowest BCUT2D eigenvalue weighted by atomic mass is 10.2. The Morgan fingerprint density at radius 1 is 1.50 bits per heavy atom. The maximum absolute atomic E-state index is 12.9. The van der Waals surface area contributed by atoms with Gasteiger partial charge in [0.05, 0.1) is 11.1 Å². The molecule has 0 aliphatic rings. The van der Waals surface area contributed by atoms with Gasteiger partial charge >= 0.3 is 0 Å². The molecule has 0 aromatic heterocycles. The molecule has 0 N–H and O–H groups in total. The minimum atomic E-state index is -0.243. The zero-order valence-corrected chi connectivity index (χ0v) is 8.40. The van der Waals surface area contributed by atoms with Crippen molar-refractivity contribution in [2.75, 3.05) is 6.61 Å². The highest BCUT2D eigenvalue weighted by molar-refractivity contribution is 9.10. The first-order valence-electron chi connectivity index (χ1n) is 3.76. The average molecular weight is 233 g/mol. The van der Waals surface area contributed by atoms with E-state index < -0.39 is 0 Å². The fourth-order valence-electron chi connectivity index (χ4n) is 0.872. The van der Waals surface area contributed by atoms with Gasteiger partial charge in [0.25, 0.3) is 0 Å². The van der Waals surface area contributed by atoms with Crippen molar-refractivity contribution in [1.82, 2.24) is 0 Å². The molecule has 0 heterocycles. The lowest BCUT2D eigenvalue weighted by Gasteiger charge is -2.04. The molecule has 1 nitrogen and oxygen atoms in total. The number of ether oxygens (including phenoxy) is 1. The van der Waals surface area contributed by atoms with E-state index in [2.05, 4.69) is 15.9 Å². The Morgan fingerprint density at radius 3 is 2.92 bits per heavy atom. The molecular formula is C9H10BrFO. The molecule has 1 rings (SSSR count). The monoisotopic (exact) mass is 232 g/mol. The van der Waals surface area contributed by atoms with Crippen LogP contribution in [0.4, 0.5) is 4.39 Å². The molecule has 0 amide bonds. The van der Waals surface area contributed by atoms with Crippen LogP contribution in [0.2, 0.25) is 0 Å². The SMILES string of the molecule is CCOCc1cccc(F)c1Br. The Bertz CT molecular complexity index is 263. The molecule has 0 atom stereocenters. The predicted molar refractivity (Wildman–Crippen MR) is 49.4 cm³/mol. The van der Waals surface area contributed by atoms with Gasteiger partial charge in [-0.3, -0.25) is 0 Å². The summed E-state index contributed by atoms with van der Waals surface area (Å²) in [6.45, 7) is 3.00. The van der Waals surface area contributed by atoms with Crippen LogP contribution in [0.3, 0.4) is 0 Å². The van der Waals surface area contributed by atoms with Crippen molar-refractivity contribution in [3.05, 3.63) is 34.1 Å². The first-order valence-corrected chi connectivity index (χ1v) is 4.55. The van der Waals surface area contributed by atoms with Crippen LogP contribution in [-0.2, 0) is 11.3 Å². The second kappa shape index (κ2) is 4.58. The number of hydrogen-bond donors (Lipinski definition) is 0. The van der Waals surface area contributed by atoms with Gasteiger partial charge in [0.1, 0.15) is 5.82 Å². The molecular weight excluding hydrogens is 223 g/mol. The van der Waals surface area contributed by atoms with E-state index in [0.29, 0.717) is 17.7 Å². The number of hydrogen-bond acceptors (Lipinski definition) is 1. The largest absolute Gasteiger partial charge is 0.377 e. The fraction of sp³-hybridized carbons (Fsp3) is 0.333. The number of rotatable bonds is 3.